The number of aliphatic hydroxyl groups is 1. The van der Waals surface area contributed by atoms with Gasteiger partial charge in [0.05, 0.1) is 5.60 Å². The van der Waals surface area contributed by atoms with Crippen molar-refractivity contribution in [2.24, 2.45) is 5.92 Å². The van der Waals surface area contributed by atoms with Crippen molar-refractivity contribution in [3.63, 3.8) is 0 Å². The van der Waals surface area contributed by atoms with E-state index in [0.29, 0.717) is 6.42 Å². The van der Waals surface area contributed by atoms with Crippen LogP contribution in [0, 0.1) is 5.92 Å². The Morgan fingerprint density at radius 3 is 3.00 bits per heavy atom. The van der Waals surface area contributed by atoms with Crippen molar-refractivity contribution < 1.29 is 5.11 Å². The Morgan fingerprint density at radius 1 is 1.59 bits per heavy atom. The van der Waals surface area contributed by atoms with Gasteiger partial charge in [0.2, 0.25) is 0 Å². The monoisotopic (exact) mass is 317 g/mol. The highest BCUT2D eigenvalue weighted by Crippen LogP contribution is 2.31. The van der Waals surface area contributed by atoms with Crippen LogP contribution in [-0.2, 0) is 6.42 Å². The van der Waals surface area contributed by atoms with E-state index in [1.165, 1.54) is 0 Å². The Morgan fingerprint density at radius 2 is 2.35 bits per heavy atom. The second-order valence-electron chi connectivity index (χ2n) is 4.87. The van der Waals surface area contributed by atoms with E-state index in [4.69, 9.17) is 11.6 Å². The third-order valence-corrected chi connectivity index (χ3v) is 4.46. The number of rotatable bonds is 2. The molecule has 0 aliphatic carbocycles. The van der Waals surface area contributed by atoms with Crippen LogP contribution in [0.2, 0.25) is 5.02 Å². The molecule has 2 rings (SSSR count). The third-order valence-electron chi connectivity index (χ3n) is 3.61. The van der Waals surface area contributed by atoms with Crippen LogP contribution in [0.4, 0.5) is 0 Å². The zero-order chi connectivity index (χ0) is 12.5. The topological polar surface area (TPSA) is 32.3 Å². The third kappa shape index (κ3) is 3.02. The molecule has 1 heterocycles. The average molecular weight is 319 g/mol. The van der Waals surface area contributed by atoms with Crippen molar-refractivity contribution in [2.75, 3.05) is 13.1 Å². The van der Waals surface area contributed by atoms with Crippen LogP contribution >= 0.6 is 27.5 Å². The summed E-state index contributed by atoms with van der Waals surface area (Å²) in [6, 6.07) is 5.83. The van der Waals surface area contributed by atoms with E-state index in [0.717, 1.165) is 34.6 Å². The van der Waals surface area contributed by atoms with Crippen LogP contribution < -0.4 is 5.32 Å². The number of hydrogen-bond acceptors (Lipinski definition) is 2. The van der Waals surface area contributed by atoms with Crippen LogP contribution in [-0.4, -0.2) is 23.8 Å². The van der Waals surface area contributed by atoms with Gasteiger partial charge >= 0.3 is 0 Å². The molecule has 2 unspecified atom stereocenters. The van der Waals surface area contributed by atoms with Gasteiger partial charge in [0, 0.05) is 22.5 Å². The van der Waals surface area contributed by atoms with Crippen molar-refractivity contribution in [1.29, 1.82) is 0 Å². The van der Waals surface area contributed by atoms with Crippen molar-refractivity contribution in [3.8, 4) is 0 Å². The summed E-state index contributed by atoms with van der Waals surface area (Å²) >= 11 is 9.59. The van der Waals surface area contributed by atoms with Gasteiger partial charge in [-0.05, 0) is 36.6 Å². The lowest BCUT2D eigenvalue weighted by Gasteiger charge is -2.39. The molecule has 1 aliphatic heterocycles. The molecule has 2 atom stereocenters. The largest absolute Gasteiger partial charge is 0.389 e. The van der Waals surface area contributed by atoms with Crippen LogP contribution in [0.5, 0.6) is 0 Å². The van der Waals surface area contributed by atoms with Crippen molar-refractivity contribution in [3.05, 3.63) is 33.3 Å². The Labute approximate surface area is 115 Å². The molecule has 94 valence electrons. The molecule has 2 N–H and O–H groups in total. The maximum atomic E-state index is 10.7. The summed E-state index contributed by atoms with van der Waals surface area (Å²) in [5.41, 5.74) is 0.383. The zero-order valence-electron chi connectivity index (χ0n) is 9.84. The lowest BCUT2D eigenvalue weighted by atomic mass is 9.78. The van der Waals surface area contributed by atoms with E-state index in [1.807, 2.05) is 18.2 Å². The van der Waals surface area contributed by atoms with Gasteiger partial charge in [-0.2, -0.15) is 0 Å². The minimum Gasteiger partial charge on any atom is -0.389 e. The maximum Gasteiger partial charge on any atom is 0.0738 e. The normalized spacial score (nSPS) is 29.3. The fourth-order valence-electron chi connectivity index (χ4n) is 2.32. The number of benzene rings is 1. The van der Waals surface area contributed by atoms with Gasteiger partial charge in [-0.3, -0.25) is 0 Å². The first-order chi connectivity index (χ1) is 8.01. The minimum absolute atomic E-state index is 0.246. The predicted octanol–water partition coefficient (Wildman–Crippen LogP) is 3.01. The van der Waals surface area contributed by atoms with Gasteiger partial charge in [0.15, 0.2) is 0 Å². The number of nitrogens with one attached hydrogen (secondary N) is 1. The Balaban J connectivity index is 2.19. The van der Waals surface area contributed by atoms with Gasteiger partial charge in [-0.15, -0.1) is 0 Å². The van der Waals surface area contributed by atoms with Crippen LogP contribution in [0.1, 0.15) is 18.9 Å². The Kier molecular flexibility index (Phi) is 4.14. The van der Waals surface area contributed by atoms with E-state index >= 15 is 0 Å². The lowest BCUT2D eigenvalue weighted by Crippen LogP contribution is -2.50. The molecule has 1 aliphatic rings. The molecule has 0 spiro atoms. The molecule has 2 nitrogen and oxygen atoms in total. The highest BCUT2D eigenvalue weighted by molar-refractivity contribution is 9.10. The van der Waals surface area contributed by atoms with E-state index < -0.39 is 5.60 Å². The second-order valence-corrected chi connectivity index (χ2v) is 6.19. The first kappa shape index (κ1) is 13.3. The summed E-state index contributed by atoms with van der Waals surface area (Å²) in [6.45, 7) is 3.82. The number of halogens is 2. The average Bonchev–Trinajstić information content (AvgIpc) is 2.27. The van der Waals surface area contributed by atoms with Crippen molar-refractivity contribution in [2.45, 2.75) is 25.4 Å². The Hall–Kier alpha value is -0.0900. The van der Waals surface area contributed by atoms with Crippen molar-refractivity contribution in [1.82, 2.24) is 5.32 Å². The molecule has 0 saturated carbocycles. The standard InChI is InChI=1S/C13H17BrClNO/c1-9-8-16-5-4-13(9,17)7-10-2-3-11(14)6-12(10)15/h2-3,6,9,16-17H,4-5,7-8H2,1H3. The van der Waals surface area contributed by atoms with E-state index in [2.05, 4.69) is 28.2 Å². The number of hydrogen-bond donors (Lipinski definition) is 2. The van der Waals surface area contributed by atoms with Gasteiger partial charge in [0.25, 0.3) is 0 Å². The lowest BCUT2D eigenvalue weighted by molar-refractivity contribution is -0.0329. The maximum absolute atomic E-state index is 10.7. The Bertz CT molecular complexity index is 412. The molecular formula is C13H17BrClNO. The fourth-order valence-corrected chi connectivity index (χ4v) is 3.06. The summed E-state index contributed by atoms with van der Waals surface area (Å²) in [7, 11) is 0. The molecule has 0 aromatic heterocycles. The summed E-state index contributed by atoms with van der Waals surface area (Å²) in [6.07, 6.45) is 1.41. The first-order valence-electron chi connectivity index (χ1n) is 5.88. The summed E-state index contributed by atoms with van der Waals surface area (Å²) in [5, 5.41) is 14.7. The molecule has 1 saturated heterocycles. The molecular weight excluding hydrogens is 302 g/mol. The van der Waals surface area contributed by atoms with Gasteiger partial charge in [-0.25, -0.2) is 0 Å². The SMILES string of the molecule is CC1CNCCC1(O)Cc1ccc(Br)cc1Cl. The molecule has 17 heavy (non-hydrogen) atoms. The minimum atomic E-state index is -0.636. The summed E-state index contributed by atoms with van der Waals surface area (Å²) < 4.78 is 0.969. The van der Waals surface area contributed by atoms with Crippen molar-refractivity contribution >= 4 is 27.5 Å². The summed E-state index contributed by atoms with van der Waals surface area (Å²) in [4.78, 5) is 0. The van der Waals surface area contributed by atoms with Crippen LogP contribution in [0.15, 0.2) is 22.7 Å². The van der Waals surface area contributed by atoms with Gasteiger partial charge in [-0.1, -0.05) is 40.5 Å². The molecule has 1 aromatic rings. The fraction of sp³-hybridized carbons (Fsp3) is 0.538. The van der Waals surface area contributed by atoms with E-state index in [9.17, 15) is 5.11 Å². The van der Waals surface area contributed by atoms with Gasteiger partial charge in [0.1, 0.15) is 0 Å². The zero-order valence-corrected chi connectivity index (χ0v) is 12.2. The predicted molar refractivity (Wildman–Crippen MR) is 74.5 cm³/mol. The highest BCUT2D eigenvalue weighted by Gasteiger charge is 2.36. The molecule has 0 amide bonds. The molecule has 1 aromatic carbocycles. The van der Waals surface area contributed by atoms with E-state index in [-0.39, 0.29) is 5.92 Å². The molecule has 0 bridgehead atoms. The number of piperidine rings is 1. The molecule has 1 fully saturated rings. The summed E-state index contributed by atoms with van der Waals surface area (Å²) in [5.74, 6) is 0.246. The highest BCUT2D eigenvalue weighted by atomic mass is 79.9. The second kappa shape index (κ2) is 5.27. The smallest absolute Gasteiger partial charge is 0.0738 e. The van der Waals surface area contributed by atoms with E-state index in [1.54, 1.807) is 0 Å². The quantitative estimate of drug-likeness (QED) is 0.878. The molecule has 0 radical (unpaired) electrons. The van der Waals surface area contributed by atoms with Crippen LogP contribution in [0.25, 0.3) is 0 Å². The first-order valence-corrected chi connectivity index (χ1v) is 7.05. The molecule has 4 heteroatoms. The van der Waals surface area contributed by atoms with Gasteiger partial charge < -0.3 is 10.4 Å². The van der Waals surface area contributed by atoms with Crippen LogP contribution in [0.3, 0.4) is 0 Å².